The van der Waals surface area contributed by atoms with Crippen LogP contribution in [-0.2, 0) is 24.1 Å². The molecule has 0 amide bonds. The average molecular weight is 512 g/mol. The van der Waals surface area contributed by atoms with E-state index in [0.29, 0.717) is 12.5 Å². The summed E-state index contributed by atoms with van der Waals surface area (Å²) in [7, 11) is 1.80. The molecule has 2 N–H and O–H groups in total. The minimum Gasteiger partial charge on any atom is -0.373 e. The molecule has 1 aliphatic rings. The molecule has 3 rings (SSSR count). The maximum absolute atomic E-state index is 6.10. The summed E-state index contributed by atoms with van der Waals surface area (Å²) < 4.78 is 11.6. The summed E-state index contributed by atoms with van der Waals surface area (Å²) in [5.74, 6) is 2.16. The molecular weight excluding hydrogens is 479 g/mol. The first-order valence-corrected chi connectivity index (χ1v) is 10.3. The zero-order valence-electron chi connectivity index (χ0n) is 17.6. The van der Waals surface area contributed by atoms with E-state index >= 15 is 0 Å². The standard InChI is InChI=1S/C22H32N4O2.HI/c1-4-19-18(20(5-2)28-26-19)15-25-22(23-3)24-14-17-12-9-13-27-21(17)16-10-7-6-8-11-16;/h6-8,10-11,17,21H,4-5,9,12-15H2,1-3H3,(H2,23,24,25);1H. The molecule has 2 aromatic rings. The van der Waals surface area contributed by atoms with Crippen molar-refractivity contribution in [3.8, 4) is 0 Å². The fourth-order valence-corrected chi connectivity index (χ4v) is 3.82. The van der Waals surface area contributed by atoms with Gasteiger partial charge in [-0.3, -0.25) is 4.99 Å². The summed E-state index contributed by atoms with van der Waals surface area (Å²) in [4.78, 5) is 4.38. The molecule has 29 heavy (non-hydrogen) atoms. The Balaban J connectivity index is 0.00000300. The van der Waals surface area contributed by atoms with Crippen molar-refractivity contribution in [2.24, 2.45) is 10.9 Å². The summed E-state index contributed by atoms with van der Waals surface area (Å²) in [6.07, 6.45) is 4.09. The highest BCUT2D eigenvalue weighted by atomic mass is 127. The van der Waals surface area contributed by atoms with Gasteiger partial charge >= 0.3 is 0 Å². The molecule has 1 fully saturated rings. The number of nitrogens with zero attached hydrogens (tertiary/aromatic N) is 2. The number of nitrogens with one attached hydrogen (secondary N) is 2. The van der Waals surface area contributed by atoms with Crippen molar-refractivity contribution in [3.05, 3.63) is 52.9 Å². The molecule has 0 radical (unpaired) electrons. The lowest BCUT2D eigenvalue weighted by Gasteiger charge is -2.32. The topological polar surface area (TPSA) is 71.7 Å². The molecule has 0 saturated carbocycles. The number of halogens is 1. The van der Waals surface area contributed by atoms with Gasteiger partial charge in [-0.2, -0.15) is 0 Å². The summed E-state index contributed by atoms with van der Waals surface area (Å²) in [6, 6.07) is 10.5. The van der Waals surface area contributed by atoms with Crippen LogP contribution in [0.5, 0.6) is 0 Å². The Morgan fingerprint density at radius 1 is 1.17 bits per heavy atom. The number of ether oxygens (including phenoxy) is 1. The van der Waals surface area contributed by atoms with Crippen LogP contribution in [0.4, 0.5) is 0 Å². The van der Waals surface area contributed by atoms with Gasteiger partial charge in [0, 0.05) is 44.6 Å². The number of aliphatic imine (C=N–C) groups is 1. The first-order chi connectivity index (χ1) is 13.8. The molecule has 2 heterocycles. The molecule has 2 atom stereocenters. The van der Waals surface area contributed by atoms with Crippen molar-refractivity contribution in [3.63, 3.8) is 0 Å². The van der Waals surface area contributed by atoms with Gasteiger partial charge in [-0.1, -0.05) is 49.3 Å². The van der Waals surface area contributed by atoms with E-state index in [4.69, 9.17) is 9.26 Å². The van der Waals surface area contributed by atoms with Gasteiger partial charge in [0.05, 0.1) is 11.8 Å². The molecule has 1 aromatic heterocycles. The molecule has 6 nitrogen and oxygen atoms in total. The number of aryl methyl sites for hydroxylation is 2. The van der Waals surface area contributed by atoms with Gasteiger partial charge in [0.2, 0.25) is 0 Å². The van der Waals surface area contributed by atoms with Crippen molar-refractivity contribution in [1.82, 2.24) is 15.8 Å². The summed E-state index contributed by atoms with van der Waals surface area (Å²) in [6.45, 7) is 6.50. The largest absolute Gasteiger partial charge is 0.373 e. The molecule has 1 aliphatic heterocycles. The molecule has 7 heteroatoms. The monoisotopic (exact) mass is 512 g/mol. The number of rotatable bonds is 7. The van der Waals surface area contributed by atoms with Crippen molar-refractivity contribution < 1.29 is 9.26 Å². The van der Waals surface area contributed by atoms with Crippen LogP contribution in [0.25, 0.3) is 0 Å². The Labute approximate surface area is 190 Å². The second kappa shape index (κ2) is 12.2. The Morgan fingerprint density at radius 3 is 2.66 bits per heavy atom. The highest BCUT2D eigenvalue weighted by Gasteiger charge is 2.27. The van der Waals surface area contributed by atoms with Crippen LogP contribution in [0, 0.1) is 5.92 Å². The van der Waals surface area contributed by atoms with Crippen LogP contribution < -0.4 is 10.6 Å². The molecule has 2 unspecified atom stereocenters. The number of aromatic nitrogens is 1. The van der Waals surface area contributed by atoms with Crippen molar-refractivity contribution in [2.45, 2.75) is 52.2 Å². The van der Waals surface area contributed by atoms with E-state index in [1.165, 1.54) is 5.56 Å². The second-order valence-corrected chi connectivity index (χ2v) is 7.15. The Bertz CT molecular complexity index is 742. The van der Waals surface area contributed by atoms with Crippen molar-refractivity contribution in [1.29, 1.82) is 0 Å². The van der Waals surface area contributed by atoms with Crippen molar-refractivity contribution >= 4 is 29.9 Å². The van der Waals surface area contributed by atoms with Gasteiger partial charge in [0.1, 0.15) is 5.76 Å². The number of hydrogen-bond donors (Lipinski definition) is 2. The molecule has 0 bridgehead atoms. The van der Waals surface area contributed by atoms with E-state index < -0.39 is 0 Å². The van der Waals surface area contributed by atoms with Crippen LogP contribution in [0.2, 0.25) is 0 Å². The van der Waals surface area contributed by atoms with Gasteiger partial charge in [-0.15, -0.1) is 24.0 Å². The summed E-state index contributed by atoms with van der Waals surface area (Å²) in [5.41, 5.74) is 3.42. The fraction of sp³-hybridized carbons (Fsp3) is 0.545. The average Bonchev–Trinajstić information content (AvgIpc) is 3.16. The van der Waals surface area contributed by atoms with Crippen LogP contribution in [0.1, 0.15) is 55.4 Å². The minimum absolute atomic E-state index is 0. The van der Waals surface area contributed by atoms with Gasteiger partial charge in [-0.05, 0) is 24.8 Å². The lowest BCUT2D eigenvalue weighted by Crippen LogP contribution is -2.41. The van der Waals surface area contributed by atoms with Gasteiger partial charge < -0.3 is 19.9 Å². The Kier molecular flexibility index (Phi) is 9.93. The third kappa shape index (κ3) is 6.18. The highest BCUT2D eigenvalue weighted by Crippen LogP contribution is 2.33. The first kappa shape index (κ1) is 23.7. The van der Waals surface area contributed by atoms with Gasteiger partial charge in [0.25, 0.3) is 0 Å². The Morgan fingerprint density at radius 2 is 1.97 bits per heavy atom. The number of hydrogen-bond acceptors (Lipinski definition) is 4. The van der Waals surface area contributed by atoms with E-state index in [1.807, 2.05) is 6.07 Å². The zero-order valence-corrected chi connectivity index (χ0v) is 19.9. The third-order valence-electron chi connectivity index (χ3n) is 5.37. The SMILES string of the molecule is CCc1noc(CC)c1CNC(=NC)NCC1CCCOC1c1ccccc1.I. The van der Waals surface area contributed by atoms with Gasteiger partial charge in [-0.25, -0.2) is 0 Å². The van der Waals surface area contributed by atoms with Crippen LogP contribution in [-0.4, -0.2) is 31.3 Å². The predicted octanol–water partition coefficient (Wildman–Crippen LogP) is 4.25. The van der Waals surface area contributed by atoms with E-state index in [-0.39, 0.29) is 30.1 Å². The van der Waals surface area contributed by atoms with Gasteiger partial charge in [0.15, 0.2) is 5.96 Å². The van der Waals surface area contributed by atoms with E-state index in [2.05, 4.69) is 58.9 Å². The smallest absolute Gasteiger partial charge is 0.191 e. The van der Waals surface area contributed by atoms with E-state index in [1.54, 1.807) is 7.05 Å². The quantitative estimate of drug-likeness (QED) is 0.330. The van der Waals surface area contributed by atoms with E-state index in [9.17, 15) is 0 Å². The highest BCUT2D eigenvalue weighted by molar-refractivity contribution is 14.0. The van der Waals surface area contributed by atoms with Crippen molar-refractivity contribution in [2.75, 3.05) is 20.2 Å². The van der Waals surface area contributed by atoms with E-state index in [0.717, 1.165) is 61.8 Å². The molecule has 160 valence electrons. The molecule has 1 aromatic carbocycles. The molecule has 1 saturated heterocycles. The van der Waals surface area contributed by atoms with Crippen LogP contribution in [0.3, 0.4) is 0 Å². The maximum Gasteiger partial charge on any atom is 0.191 e. The van der Waals surface area contributed by atoms with Crippen LogP contribution >= 0.6 is 24.0 Å². The second-order valence-electron chi connectivity index (χ2n) is 7.15. The molecule has 0 aliphatic carbocycles. The summed E-state index contributed by atoms with van der Waals surface area (Å²) >= 11 is 0. The lowest BCUT2D eigenvalue weighted by molar-refractivity contribution is -0.0265. The molecular formula is C22H33IN4O2. The van der Waals surface area contributed by atoms with Crippen LogP contribution in [0.15, 0.2) is 39.8 Å². The summed E-state index contributed by atoms with van der Waals surface area (Å²) in [5, 5.41) is 11.1. The predicted molar refractivity (Wildman–Crippen MR) is 127 cm³/mol. The normalized spacial score (nSPS) is 19.5. The third-order valence-corrected chi connectivity index (χ3v) is 5.37. The lowest BCUT2D eigenvalue weighted by atomic mass is 9.89. The minimum atomic E-state index is 0. The first-order valence-electron chi connectivity index (χ1n) is 10.3. The maximum atomic E-state index is 6.10. The fourth-order valence-electron chi connectivity index (χ4n) is 3.82. The number of benzene rings is 1. The number of guanidine groups is 1. The molecule has 0 spiro atoms. The zero-order chi connectivity index (χ0) is 19.8. The Hall–Kier alpha value is -1.61.